The summed E-state index contributed by atoms with van der Waals surface area (Å²) < 4.78 is 22.3. The van der Waals surface area contributed by atoms with Crippen molar-refractivity contribution in [2.24, 2.45) is 5.14 Å². The van der Waals surface area contributed by atoms with E-state index in [4.69, 9.17) is 10.9 Å². The van der Waals surface area contributed by atoms with E-state index in [1.165, 1.54) is 12.1 Å². The van der Waals surface area contributed by atoms with Gasteiger partial charge in [0.15, 0.2) is 0 Å². The molecule has 0 bridgehead atoms. The van der Waals surface area contributed by atoms with Gasteiger partial charge in [-0.3, -0.25) is 0 Å². The van der Waals surface area contributed by atoms with E-state index in [1.807, 2.05) is 11.8 Å². The van der Waals surface area contributed by atoms with Crippen LogP contribution >= 0.6 is 11.8 Å². The lowest BCUT2D eigenvalue weighted by Gasteiger charge is -2.10. The molecule has 0 aliphatic rings. The van der Waals surface area contributed by atoms with Gasteiger partial charge in [0.05, 0.1) is 16.3 Å². The monoisotopic (exact) mass is 289 g/mol. The highest BCUT2D eigenvalue weighted by Crippen LogP contribution is 2.21. The molecule has 0 saturated carbocycles. The molecule has 0 amide bonds. The van der Waals surface area contributed by atoms with Gasteiger partial charge in [0.2, 0.25) is 10.0 Å². The summed E-state index contributed by atoms with van der Waals surface area (Å²) in [6, 6.07) is 4.47. The lowest BCUT2D eigenvalue weighted by molar-refractivity contribution is 0.598. The standard InChI is InChI=1S/C11H19N3O2S2/c1-17-7-3-2-6-14-11-5-4-9(8-10(11)12)18(13,15)16/h4-5,8,14H,2-3,6-7,12H2,1H3,(H2,13,15,16). The van der Waals surface area contributed by atoms with Crippen molar-refractivity contribution in [3.8, 4) is 0 Å². The third-order valence-electron chi connectivity index (χ3n) is 2.44. The Bertz CT molecular complexity index is 489. The molecule has 0 aliphatic heterocycles. The van der Waals surface area contributed by atoms with Crippen molar-refractivity contribution in [1.29, 1.82) is 0 Å². The van der Waals surface area contributed by atoms with Crippen LogP contribution in [0.5, 0.6) is 0 Å². The summed E-state index contributed by atoms with van der Waals surface area (Å²) in [5, 5.41) is 8.21. The molecule has 1 rings (SSSR count). The SMILES string of the molecule is CSCCCCNc1ccc(S(N)(=O)=O)cc1N. The summed E-state index contributed by atoms with van der Waals surface area (Å²) >= 11 is 1.82. The summed E-state index contributed by atoms with van der Waals surface area (Å²) in [6.07, 6.45) is 4.28. The summed E-state index contributed by atoms with van der Waals surface area (Å²) in [4.78, 5) is 0.0351. The van der Waals surface area contributed by atoms with Crippen LogP contribution in [0.25, 0.3) is 0 Å². The normalized spacial score (nSPS) is 11.4. The van der Waals surface area contributed by atoms with Gasteiger partial charge in [-0.15, -0.1) is 0 Å². The minimum absolute atomic E-state index is 0.0351. The van der Waals surface area contributed by atoms with Gasteiger partial charge < -0.3 is 11.1 Å². The maximum absolute atomic E-state index is 11.1. The van der Waals surface area contributed by atoms with Gasteiger partial charge in [0, 0.05) is 6.54 Å². The van der Waals surface area contributed by atoms with Crippen molar-refractivity contribution in [1.82, 2.24) is 0 Å². The van der Waals surface area contributed by atoms with E-state index in [0.29, 0.717) is 5.69 Å². The molecule has 1 aromatic rings. The number of primary sulfonamides is 1. The number of rotatable bonds is 7. The maximum atomic E-state index is 11.1. The van der Waals surface area contributed by atoms with Crippen molar-refractivity contribution in [2.75, 3.05) is 29.6 Å². The Balaban J connectivity index is 2.58. The fourth-order valence-electron chi connectivity index (χ4n) is 1.47. The molecule has 1 aromatic carbocycles. The lowest BCUT2D eigenvalue weighted by atomic mass is 10.2. The van der Waals surface area contributed by atoms with Gasteiger partial charge in [-0.1, -0.05) is 0 Å². The Hall–Kier alpha value is -0.920. The smallest absolute Gasteiger partial charge is 0.238 e. The first kappa shape index (κ1) is 15.1. The Kier molecular flexibility index (Phi) is 5.77. The molecule has 5 nitrogen and oxygen atoms in total. The fraction of sp³-hybridized carbons (Fsp3) is 0.455. The first-order chi connectivity index (χ1) is 8.45. The number of nitrogens with two attached hydrogens (primary N) is 2. The molecule has 18 heavy (non-hydrogen) atoms. The average molecular weight is 289 g/mol. The summed E-state index contributed by atoms with van der Waals surface area (Å²) in [5.74, 6) is 1.14. The molecular weight excluding hydrogens is 270 g/mol. The maximum Gasteiger partial charge on any atom is 0.238 e. The Morgan fingerprint density at radius 2 is 2.06 bits per heavy atom. The van der Waals surface area contributed by atoms with E-state index in [2.05, 4.69) is 11.6 Å². The van der Waals surface area contributed by atoms with Crippen molar-refractivity contribution in [3.63, 3.8) is 0 Å². The highest BCUT2D eigenvalue weighted by atomic mass is 32.2. The number of nitrogen functional groups attached to an aromatic ring is 1. The van der Waals surface area contributed by atoms with Crippen LogP contribution in [0.4, 0.5) is 11.4 Å². The first-order valence-electron chi connectivity index (χ1n) is 5.60. The Morgan fingerprint density at radius 1 is 1.33 bits per heavy atom. The van der Waals surface area contributed by atoms with Crippen LogP contribution < -0.4 is 16.2 Å². The molecule has 0 spiro atoms. The lowest BCUT2D eigenvalue weighted by Crippen LogP contribution is -2.13. The molecule has 0 atom stereocenters. The molecule has 0 heterocycles. The number of sulfonamides is 1. The van der Waals surface area contributed by atoms with Gasteiger partial charge in [0.25, 0.3) is 0 Å². The highest BCUT2D eigenvalue weighted by Gasteiger charge is 2.09. The van der Waals surface area contributed by atoms with Crippen LogP contribution in [0.2, 0.25) is 0 Å². The number of benzene rings is 1. The van der Waals surface area contributed by atoms with Crippen LogP contribution in [0.15, 0.2) is 23.1 Å². The van der Waals surface area contributed by atoms with Crippen molar-refractivity contribution in [2.45, 2.75) is 17.7 Å². The predicted molar refractivity (Wildman–Crippen MR) is 78.3 cm³/mol. The third-order valence-corrected chi connectivity index (χ3v) is 4.05. The van der Waals surface area contributed by atoms with Crippen LogP contribution in [-0.2, 0) is 10.0 Å². The molecule has 102 valence electrons. The minimum Gasteiger partial charge on any atom is -0.397 e. The van der Waals surface area contributed by atoms with E-state index >= 15 is 0 Å². The zero-order chi connectivity index (χ0) is 13.6. The number of hydrogen-bond donors (Lipinski definition) is 3. The van der Waals surface area contributed by atoms with E-state index in [-0.39, 0.29) is 4.90 Å². The van der Waals surface area contributed by atoms with Gasteiger partial charge >= 0.3 is 0 Å². The zero-order valence-electron chi connectivity index (χ0n) is 10.3. The second kappa shape index (κ2) is 6.86. The van der Waals surface area contributed by atoms with E-state index in [0.717, 1.165) is 30.8 Å². The third kappa shape index (κ3) is 4.75. The number of nitrogens with one attached hydrogen (secondary N) is 1. The molecule has 0 radical (unpaired) electrons. The molecule has 0 saturated heterocycles. The molecule has 0 aliphatic carbocycles. The summed E-state index contributed by atoms with van der Waals surface area (Å²) in [7, 11) is -3.69. The van der Waals surface area contributed by atoms with E-state index < -0.39 is 10.0 Å². The summed E-state index contributed by atoms with van der Waals surface area (Å²) in [5.41, 5.74) is 6.91. The molecule has 0 aromatic heterocycles. The Morgan fingerprint density at radius 3 is 2.61 bits per heavy atom. The van der Waals surface area contributed by atoms with E-state index in [1.54, 1.807) is 6.07 Å². The fourth-order valence-corrected chi connectivity index (χ4v) is 2.51. The minimum atomic E-state index is -3.69. The molecule has 0 unspecified atom stereocenters. The topological polar surface area (TPSA) is 98.2 Å². The number of hydrogen-bond acceptors (Lipinski definition) is 5. The zero-order valence-corrected chi connectivity index (χ0v) is 12.0. The summed E-state index contributed by atoms with van der Waals surface area (Å²) in [6.45, 7) is 0.819. The second-order valence-corrected chi connectivity index (χ2v) is 6.47. The van der Waals surface area contributed by atoms with Gasteiger partial charge in [-0.05, 0) is 43.0 Å². The average Bonchev–Trinajstić information content (AvgIpc) is 2.29. The molecule has 0 fully saturated rings. The van der Waals surface area contributed by atoms with Crippen molar-refractivity contribution in [3.05, 3.63) is 18.2 Å². The van der Waals surface area contributed by atoms with Crippen LogP contribution in [0, 0.1) is 0 Å². The first-order valence-corrected chi connectivity index (χ1v) is 8.54. The number of unbranched alkanes of at least 4 members (excludes halogenated alkanes) is 1. The Labute approximate surface area is 112 Å². The number of thioether (sulfide) groups is 1. The van der Waals surface area contributed by atoms with Gasteiger partial charge in [-0.2, -0.15) is 11.8 Å². The molecule has 5 N–H and O–H groups in total. The molecule has 7 heteroatoms. The van der Waals surface area contributed by atoms with Crippen LogP contribution in [0.3, 0.4) is 0 Å². The van der Waals surface area contributed by atoms with Crippen molar-refractivity contribution >= 4 is 33.2 Å². The van der Waals surface area contributed by atoms with E-state index in [9.17, 15) is 8.42 Å². The quantitative estimate of drug-likeness (QED) is 0.521. The molecular formula is C11H19N3O2S2. The van der Waals surface area contributed by atoms with Crippen molar-refractivity contribution < 1.29 is 8.42 Å². The second-order valence-electron chi connectivity index (χ2n) is 3.92. The van der Waals surface area contributed by atoms with Crippen LogP contribution in [0.1, 0.15) is 12.8 Å². The predicted octanol–water partition coefficient (Wildman–Crippen LogP) is 1.47. The highest BCUT2D eigenvalue weighted by molar-refractivity contribution is 7.98. The van der Waals surface area contributed by atoms with Gasteiger partial charge in [-0.25, -0.2) is 13.6 Å². The van der Waals surface area contributed by atoms with Gasteiger partial charge in [0.1, 0.15) is 0 Å². The van der Waals surface area contributed by atoms with Crippen LogP contribution in [-0.4, -0.2) is 27.0 Å². The largest absolute Gasteiger partial charge is 0.397 e. The number of anilines is 2.